The number of carboxylic acids is 2. The molecule has 0 spiro atoms. The number of hydrogen-bond acceptors (Lipinski definition) is 6. The summed E-state index contributed by atoms with van der Waals surface area (Å²) >= 11 is 0. The number of amides is 1. The third kappa shape index (κ3) is 5.50. The average Bonchev–Trinajstić information content (AvgIpc) is 3.08. The standard InChI is InChI=1S/C21H22N4O6/c22-20(23)12-2-5-16(6-3-12)25-11-17(31-21(25)30)10-24-15-4-1-13(8-18(26)27)14(7-15)9-19(28)29/h1-7,17,24H,8-11H2,(H3,22,23)(H,26,27)(H,28,29). The summed E-state index contributed by atoms with van der Waals surface area (Å²) < 4.78 is 5.38. The van der Waals surface area contributed by atoms with Gasteiger partial charge in [0.25, 0.3) is 0 Å². The van der Waals surface area contributed by atoms with Crippen LogP contribution in [0.1, 0.15) is 16.7 Å². The van der Waals surface area contributed by atoms with E-state index in [1.165, 1.54) is 4.90 Å². The maximum Gasteiger partial charge on any atom is 0.414 e. The molecule has 1 atom stereocenters. The largest absolute Gasteiger partial charge is 0.481 e. The highest BCUT2D eigenvalue weighted by Gasteiger charge is 2.32. The number of ether oxygens (including phenoxy) is 1. The van der Waals surface area contributed by atoms with Crippen LogP contribution in [0.25, 0.3) is 0 Å². The minimum atomic E-state index is -1.06. The molecule has 1 amide bonds. The molecule has 0 bridgehead atoms. The Morgan fingerprint density at radius 3 is 2.35 bits per heavy atom. The number of anilines is 2. The first kappa shape index (κ1) is 21.6. The van der Waals surface area contributed by atoms with Crippen LogP contribution in [0, 0.1) is 5.41 Å². The van der Waals surface area contributed by atoms with Crippen LogP contribution >= 0.6 is 0 Å². The molecular weight excluding hydrogens is 404 g/mol. The van der Waals surface area contributed by atoms with Gasteiger partial charge in [-0.15, -0.1) is 0 Å². The summed E-state index contributed by atoms with van der Waals surface area (Å²) in [6, 6.07) is 11.5. The molecule has 2 aromatic carbocycles. The number of nitrogen functional groups attached to an aromatic ring is 1. The highest BCUT2D eigenvalue weighted by molar-refractivity contribution is 5.96. The van der Waals surface area contributed by atoms with Gasteiger partial charge in [-0.05, 0) is 47.5 Å². The van der Waals surface area contributed by atoms with E-state index >= 15 is 0 Å². The Hall–Kier alpha value is -4.08. The molecule has 1 aliphatic heterocycles. The zero-order chi connectivity index (χ0) is 22.5. The van der Waals surface area contributed by atoms with Gasteiger partial charge in [-0.25, -0.2) is 4.79 Å². The molecule has 3 rings (SSSR count). The number of carboxylic acid groups (broad SMARTS) is 2. The van der Waals surface area contributed by atoms with E-state index in [0.29, 0.717) is 41.2 Å². The van der Waals surface area contributed by atoms with Gasteiger partial charge in [-0.3, -0.25) is 19.9 Å². The molecule has 0 aromatic heterocycles. The average molecular weight is 426 g/mol. The minimum absolute atomic E-state index is 0.0609. The highest BCUT2D eigenvalue weighted by Crippen LogP contribution is 2.23. The molecule has 1 unspecified atom stereocenters. The van der Waals surface area contributed by atoms with Crippen LogP contribution in [0.2, 0.25) is 0 Å². The predicted molar refractivity (Wildman–Crippen MR) is 113 cm³/mol. The summed E-state index contributed by atoms with van der Waals surface area (Å²) in [4.78, 5) is 35.8. The molecule has 31 heavy (non-hydrogen) atoms. The summed E-state index contributed by atoms with van der Waals surface area (Å²) in [6.07, 6.45) is -1.49. The molecule has 2 aromatic rings. The number of rotatable bonds is 9. The summed E-state index contributed by atoms with van der Waals surface area (Å²) in [5, 5.41) is 28.6. The van der Waals surface area contributed by atoms with Gasteiger partial charge in [0.1, 0.15) is 11.9 Å². The van der Waals surface area contributed by atoms with E-state index in [1.807, 2.05) is 0 Å². The van der Waals surface area contributed by atoms with Gasteiger partial charge in [0.2, 0.25) is 0 Å². The molecule has 0 aliphatic carbocycles. The van der Waals surface area contributed by atoms with E-state index in [1.54, 1.807) is 42.5 Å². The quantitative estimate of drug-likeness (QED) is 0.298. The van der Waals surface area contributed by atoms with Crippen LogP contribution < -0.4 is 16.0 Å². The van der Waals surface area contributed by atoms with Crippen molar-refractivity contribution >= 4 is 35.2 Å². The fraction of sp³-hybridized carbons (Fsp3) is 0.238. The molecular formula is C21H22N4O6. The van der Waals surface area contributed by atoms with Gasteiger partial charge >= 0.3 is 18.0 Å². The van der Waals surface area contributed by atoms with Crippen molar-refractivity contribution < 1.29 is 29.3 Å². The van der Waals surface area contributed by atoms with Gasteiger partial charge in [0.15, 0.2) is 0 Å². The molecule has 0 saturated carbocycles. The highest BCUT2D eigenvalue weighted by atomic mass is 16.6. The molecule has 0 radical (unpaired) electrons. The fourth-order valence-corrected chi connectivity index (χ4v) is 3.29. The summed E-state index contributed by atoms with van der Waals surface area (Å²) in [5.41, 5.74) is 8.07. The smallest absolute Gasteiger partial charge is 0.414 e. The molecule has 1 aliphatic rings. The molecule has 10 nitrogen and oxygen atoms in total. The van der Waals surface area contributed by atoms with Crippen LogP contribution in [0.3, 0.4) is 0 Å². The maximum atomic E-state index is 12.2. The second-order valence-electron chi connectivity index (χ2n) is 7.08. The van der Waals surface area contributed by atoms with E-state index in [2.05, 4.69) is 5.32 Å². The summed E-state index contributed by atoms with van der Waals surface area (Å²) in [5.74, 6) is -2.16. The van der Waals surface area contributed by atoms with E-state index in [9.17, 15) is 14.4 Å². The van der Waals surface area contributed by atoms with Crippen molar-refractivity contribution in [3.63, 3.8) is 0 Å². The van der Waals surface area contributed by atoms with E-state index in [4.69, 9.17) is 26.1 Å². The molecule has 1 heterocycles. The van der Waals surface area contributed by atoms with Crippen LogP contribution in [0.4, 0.5) is 16.2 Å². The van der Waals surface area contributed by atoms with E-state index in [-0.39, 0.29) is 18.7 Å². The third-order valence-corrected chi connectivity index (χ3v) is 4.79. The lowest BCUT2D eigenvalue weighted by Gasteiger charge is -2.15. The number of cyclic esters (lactones) is 1. The number of benzene rings is 2. The number of nitrogens with one attached hydrogen (secondary N) is 2. The molecule has 6 N–H and O–H groups in total. The van der Waals surface area contributed by atoms with Crippen LogP contribution in [-0.4, -0.2) is 53.3 Å². The number of nitrogens with two attached hydrogens (primary N) is 1. The summed E-state index contributed by atoms with van der Waals surface area (Å²) in [6.45, 7) is 0.600. The second-order valence-corrected chi connectivity index (χ2v) is 7.08. The number of hydrogen-bond donors (Lipinski definition) is 5. The lowest BCUT2D eigenvalue weighted by atomic mass is 10.0. The Morgan fingerprint density at radius 1 is 1.10 bits per heavy atom. The Morgan fingerprint density at radius 2 is 1.74 bits per heavy atom. The summed E-state index contributed by atoms with van der Waals surface area (Å²) in [7, 11) is 0. The maximum absolute atomic E-state index is 12.2. The first-order valence-electron chi connectivity index (χ1n) is 9.45. The van der Waals surface area contributed by atoms with Gasteiger partial charge in [0, 0.05) is 16.9 Å². The molecule has 10 heteroatoms. The van der Waals surface area contributed by atoms with Crippen molar-refractivity contribution in [2.45, 2.75) is 18.9 Å². The topological polar surface area (TPSA) is 166 Å². The lowest BCUT2D eigenvalue weighted by molar-refractivity contribution is -0.137. The van der Waals surface area contributed by atoms with Gasteiger partial charge in [-0.1, -0.05) is 6.07 Å². The second kappa shape index (κ2) is 9.16. The van der Waals surface area contributed by atoms with Crippen molar-refractivity contribution in [3.05, 3.63) is 59.2 Å². The van der Waals surface area contributed by atoms with Crippen molar-refractivity contribution in [1.82, 2.24) is 0 Å². The van der Waals surface area contributed by atoms with Crippen molar-refractivity contribution in [2.75, 3.05) is 23.3 Å². The predicted octanol–water partition coefficient (Wildman–Crippen LogP) is 1.66. The number of aliphatic carboxylic acids is 2. The normalized spacial score (nSPS) is 15.4. The molecule has 1 fully saturated rings. The first-order valence-corrected chi connectivity index (χ1v) is 9.45. The zero-order valence-electron chi connectivity index (χ0n) is 16.5. The number of carbonyl (C=O) groups excluding carboxylic acids is 1. The monoisotopic (exact) mass is 426 g/mol. The van der Waals surface area contributed by atoms with Gasteiger partial charge < -0.3 is 26.0 Å². The third-order valence-electron chi connectivity index (χ3n) is 4.79. The molecule has 1 saturated heterocycles. The van der Waals surface area contributed by atoms with Crippen molar-refractivity contribution in [3.8, 4) is 0 Å². The number of carbonyl (C=O) groups is 3. The molecule has 162 valence electrons. The number of amidine groups is 1. The minimum Gasteiger partial charge on any atom is -0.481 e. The van der Waals surface area contributed by atoms with Crippen molar-refractivity contribution in [1.29, 1.82) is 5.41 Å². The lowest BCUT2D eigenvalue weighted by Crippen LogP contribution is -2.27. The van der Waals surface area contributed by atoms with E-state index in [0.717, 1.165) is 0 Å². The Balaban J connectivity index is 1.64. The van der Waals surface area contributed by atoms with Crippen molar-refractivity contribution in [2.24, 2.45) is 5.73 Å². The Bertz CT molecular complexity index is 1020. The fourth-order valence-electron chi connectivity index (χ4n) is 3.29. The number of nitrogens with zero attached hydrogens (tertiary/aromatic N) is 1. The van der Waals surface area contributed by atoms with Crippen LogP contribution in [-0.2, 0) is 27.2 Å². The van der Waals surface area contributed by atoms with Crippen LogP contribution in [0.5, 0.6) is 0 Å². The Labute approximate surface area is 177 Å². The van der Waals surface area contributed by atoms with Gasteiger partial charge in [-0.2, -0.15) is 0 Å². The van der Waals surface area contributed by atoms with E-state index < -0.39 is 24.1 Å². The Kier molecular flexibility index (Phi) is 6.39. The SMILES string of the molecule is N=C(N)c1ccc(N2CC(CNc3ccc(CC(=O)O)c(CC(=O)O)c3)OC2=O)cc1. The first-order chi connectivity index (χ1) is 14.7. The van der Waals surface area contributed by atoms with Crippen LogP contribution in [0.15, 0.2) is 42.5 Å². The van der Waals surface area contributed by atoms with Gasteiger partial charge in [0.05, 0.1) is 25.9 Å². The zero-order valence-corrected chi connectivity index (χ0v) is 16.5.